The van der Waals surface area contributed by atoms with Crippen molar-refractivity contribution in [3.63, 3.8) is 0 Å². The van der Waals surface area contributed by atoms with Crippen LogP contribution in [0.2, 0.25) is 0 Å². The van der Waals surface area contributed by atoms with Crippen molar-refractivity contribution < 1.29 is 4.79 Å². The number of amides is 1. The summed E-state index contributed by atoms with van der Waals surface area (Å²) in [6.45, 7) is 3.82. The third-order valence-electron chi connectivity index (χ3n) is 4.33. The Morgan fingerprint density at radius 3 is 2.64 bits per heavy atom. The zero-order chi connectivity index (χ0) is 19.7. The molecule has 4 aromatic rings. The highest BCUT2D eigenvalue weighted by Gasteiger charge is 2.19. The number of anilines is 1. The largest absolute Gasteiger partial charge is 0.296 e. The highest BCUT2D eigenvalue weighted by atomic mass is 79.9. The summed E-state index contributed by atoms with van der Waals surface area (Å²) >= 11 is 4.90. The van der Waals surface area contributed by atoms with Crippen LogP contribution in [0.4, 0.5) is 5.13 Å². The number of halogens is 1. The predicted molar refractivity (Wildman–Crippen MR) is 114 cm³/mol. The van der Waals surface area contributed by atoms with E-state index in [0.29, 0.717) is 10.8 Å². The first-order valence-electron chi connectivity index (χ1n) is 8.54. The quantitative estimate of drug-likeness (QED) is 0.470. The van der Waals surface area contributed by atoms with Crippen molar-refractivity contribution in [1.29, 1.82) is 0 Å². The van der Waals surface area contributed by atoms with E-state index < -0.39 is 0 Å². The zero-order valence-electron chi connectivity index (χ0n) is 15.2. The van der Waals surface area contributed by atoms with Gasteiger partial charge in [-0.3, -0.25) is 10.1 Å². The average molecular weight is 454 g/mol. The monoisotopic (exact) mass is 453 g/mol. The van der Waals surface area contributed by atoms with Crippen molar-refractivity contribution >= 4 is 38.3 Å². The van der Waals surface area contributed by atoms with Crippen molar-refractivity contribution in [3.05, 3.63) is 75.3 Å². The van der Waals surface area contributed by atoms with Gasteiger partial charge >= 0.3 is 0 Å². The fourth-order valence-corrected chi connectivity index (χ4v) is 4.04. The number of aromatic nitrogens is 4. The van der Waals surface area contributed by atoms with Crippen LogP contribution in [0, 0.1) is 13.8 Å². The molecule has 2 aromatic carbocycles. The van der Waals surface area contributed by atoms with Gasteiger partial charge in [0.25, 0.3) is 5.91 Å². The number of nitrogens with zero attached hydrogens (tertiary/aromatic N) is 4. The van der Waals surface area contributed by atoms with Crippen LogP contribution in [0.5, 0.6) is 0 Å². The molecule has 0 radical (unpaired) electrons. The molecule has 28 heavy (non-hydrogen) atoms. The smallest absolute Gasteiger partial charge is 0.279 e. The zero-order valence-corrected chi connectivity index (χ0v) is 17.6. The molecule has 0 aliphatic heterocycles. The molecule has 0 saturated heterocycles. The minimum atomic E-state index is -0.328. The van der Waals surface area contributed by atoms with E-state index in [2.05, 4.69) is 36.5 Å². The number of hydrogen-bond acceptors (Lipinski definition) is 5. The summed E-state index contributed by atoms with van der Waals surface area (Å²) in [5.41, 5.74) is 4.68. The Balaban J connectivity index is 1.57. The topological polar surface area (TPSA) is 72.7 Å². The van der Waals surface area contributed by atoms with Gasteiger partial charge in [0, 0.05) is 15.4 Å². The molecular weight excluding hydrogens is 438 g/mol. The molecule has 0 unspecified atom stereocenters. The molecular formula is C20H16BrN5OS. The van der Waals surface area contributed by atoms with E-state index in [1.165, 1.54) is 11.3 Å². The number of thiazole rings is 1. The number of carbonyl (C=O) groups is 1. The van der Waals surface area contributed by atoms with E-state index in [4.69, 9.17) is 0 Å². The standard InChI is InChI=1S/C20H16BrN5OS/c1-12-7-3-6-10-17(12)26-13(2)18(24-25-26)19(27)23-20-22-16(11-28-20)14-8-4-5-9-15(14)21/h3-11H,1-2H3,(H,22,23,27). The maximum Gasteiger partial charge on any atom is 0.279 e. The number of hydrogen-bond donors (Lipinski definition) is 1. The van der Waals surface area contributed by atoms with E-state index in [-0.39, 0.29) is 11.6 Å². The molecule has 0 atom stereocenters. The van der Waals surface area contributed by atoms with E-state index in [1.54, 1.807) is 4.68 Å². The highest BCUT2D eigenvalue weighted by molar-refractivity contribution is 9.10. The summed E-state index contributed by atoms with van der Waals surface area (Å²) in [7, 11) is 0. The Morgan fingerprint density at radius 1 is 1.11 bits per heavy atom. The van der Waals surface area contributed by atoms with Gasteiger partial charge in [0.05, 0.1) is 17.1 Å². The normalized spacial score (nSPS) is 10.8. The Labute approximate surface area is 174 Å². The summed E-state index contributed by atoms with van der Waals surface area (Å²) in [5.74, 6) is -0.328. The highest BCUT2D eigenvalue weighted by Crippen LogP contribution is 2.30. The maximum absolute atomic E-state index is 12.7. The molecule has 1 N–H and O–H groups in total. The number of carbonyl (C=O) groups excluding carboxylic acids is 1. The molecule has 4 rings (SSSR count). The van der Waals surface area contributed by atoms with Gasteiger partial charge in [-0.2, -0.15) is 0 Å². The maximum atomic E-state index is 12.7. The lowest BCUT2D eigenvalue weighted by molar-refractivity contribution is 0.102. The number of nitrogens with one attached hydrogen (secondary N) is 1. The molecule has 8 heteroatoms. The van der Waals surface area contributed by atoms with Crippen molar-refractivity contribution in [2.75, 3.05) is 5.32 Å². The second-order valence-electron chi connectivity index (χ2n) is 6.19. The lowest BCUT2D eigenvalue weighted by atomic mass is 10.2. The minimum absolute atomic E-state index is 0.279. The second-order valence-corrected chi connectivity index (χ2v) is 7.91. The van der Waals surface area contributed by atoms with Crippen LogP contribution in [0.15, 0.2) is 58.4 Å². The lowest BCUT2D eigenvalue weighted by Crippen LogP contribution is -2.14. The number of rotatable bonds is 4. The Bertz CT molecular complexity index is 1170. The summed E-state index contributed by atoms with van der Waals surface area (Å²) in [5, 5.41) is 13.5. The molecule has 0 spiro atoms. The van der Waals surface area contributed by atoms with Crippen molar-refractivity contribution in [1.82, 2.24) is 20.0 Å². The van der Waals surface area contributed by atoms with E-state index in [9.17, 15) is 4.79 Å². The van der Waals surface area contributed by atoms with Gasteiger partial charge in [0.1, 0.15) is 0 Å². The number of para-hydroxylation sites is 1. The molecule has 1 amide bonds. The summed E-state index contributed by atoms with van der Waals surface area (Å²) in [6.07, 6.45) is 0. The molecule has 0 fully saturated rings. The van der Waals surface area contributed by atoms with Gasteiger partial charge in [-0.15, -0.1) is 16.4 Å². The van der Waals surface area contributed by atoms with Crippen LogP contribution in [0.25, 0.3) is 16.9 Å². The van der Waals surface area contributed by atoms with Crippen LogP contribution in [-0.2, 0) is 0 Å². The molecule has 140 valence electrons. The van der Waals surface area contributed by atoms with E-state index in [0.717, 1.165) is 27.0 Å². The molecule has 6 nitrogen and oxygen atoms in total. The van der Waals surface area contributed by atoms with Crippen molar-refractivity contribution in [2.45, 2.75) is 13.8 Å². The molecule has 0 aliphatic rings. The van der Waals surface area contributed by atoms with Crippen LogP contribution in [0.1, 0.15) is 21.7 Å². The first-order chi connectivity index (χ1) is 13.5. The fourth-order valence-electron chi connectivity index (χ4n) is 2.85. The predicted octanol–water partition coefficient (Wildman–Crippen LogP) is 5.02. The first-order valence-corrected chi connectivity index (χ1v) is 10.2. The molecule has 0 bridgehead atoms. The van der Waals surface area contributed by atoms with Gasteiger partial charge in [-0.1, -0.05) is 57.5 Å². The van der Waals surface area contributed by atoms with Gasteiger partial charge in [0.15, 0.2) is 10.8 Å². The summed E-state index contributed by atoms with van der Waals surface area (Å²) in [6, 6.07) is 15.7. The first kappa shape index (κ1) is 18.5. The molecule has 2 heterocycles. The summed E-state index contributed by atoms with van der Waals surface area (Å²) in [4.78, 5) is 17.2. The second kappa shape index (κ2) is 7.65. The Hall–Kier alpha value is -2.84. The van der Waals surface area contributed by atoms with Gasteiger partial charge in [0.2, 0.25) is 0 Å². The average Bonchev–Trinajstić information content (AvgIpc) is 3.29. The van der Waals surface area contributed by atoms with Crippen LogP contribution in [0.3, 0.4) is 0 Å². The van der Waals surface area contributed by atoms with E-state index >= 15 is 0 Å². The van der Waals surface area contributed by atoms with Crippen molar-refractivity contribution in [2.24, 2.45) is 0 Å². The van der Waals surface area contributed by atoms with Crippen LogP contribution < -0.4 is 5.32 Å². The Kier molecular flexibility index (Phi) is 5.06. The lowest BCUT2D eigenvalue weighted by Gasteiger charge is -2.06. The Morgan fingerprint density at radius 2 is 1.86 bits per heavy atom. The molecule has 2 aromatic heterocycles. The van der Waals surface area contributed by atoms with E-state index in [1.807, 2.05) is 67.8 Å². The number of benzene rings is 2. The van der Waals surface area contributed by atoms with Gasteiger partial charge < -0.3 is 0 Å². The molecule has 0 aliphatic carbocycles. The number of aryl methyl sites for hydroxylation is 1. The van der Waals surface area contributed by atoms with Gasteiger partial charge in [-0.25, -0.2) is 9.67 Å². The summed E-state index contributed by atoms with van der Waals surface area (Å²) < 4.78 is 2.63. The van der Waals surface area contributed by atoms with Gasteiger partial charge in [-0.05, 0) is 31.5 Å². The van der Waals surface area contributed by atoms with Crippen molar-refractivity contribution in [3.8, 4) is 16.9 Å². The van der Waals surface area contributed by atoms with Crippen LogP contribution in [-0.4, -0.2) is 25.9 Å². The third-order valence-corrected chi connectivity index (χ3v) is 5.78. The fraction of sp³-hybridized carbons (Fsp3) is 0.100. The SMILES string of the molecule is Cc1ccccc1-n1nnc(C(=O)Nc2nc(-c3ccccc3Br)cs2)c1C. The third kappa shape index (κ3) is 3.48. The molecule has 0 saturated carbocycles. The minimum Gasteiger partial charge on any atom is -0.296 e. The van der Waals surface area contributed by atoms with Crippen LogP contribution >= 0.6 is 27.3 Å².